The molecule has 1 unspecified atom stereocenters. The molecule has 1 aromatic carbocycles. The maximum atomic E-state index is 5.61. The standard InChI is InChI=1S/C11H13BrO3.C2H6/c1-13-10-6-8(2-3-9(10)12)11-7-14-4-5-15-11;1-2/h2-3,6,11H,4-5,7H2,1H3;1-2H3. The Bertz CT molecular complexity index is 335. The van der Waals surface area contributed by atoms with E-state index < -0.39 is 0 Å². The molecule has 4 heteroatoms. The minimum Gasteiger partial charge on any atom is -0.496 e. The third-order valence-electron chi connectivity index (χ3n) is 2.36. The fourth-order valence-corrected chi connectivity index (χ4v) is 1.97. The van der Waals surface area contributed by atoms with Crippen molar-refractivity contribution in [3.8, 4) is 5.75 Å². The van der Waals surface area contributed by atoms with Crippen LogP contribution in [0.4, 0.5) is 0 Å². The predicted octanol–water partition coefficient (Wildman–Crippen LogP) is 3.57. The Balaban J connectivity index is 0.000000686. The van der Waals surface area contributed by atoms with Gasteiger partial charge in [-0.3, -0.25) is 0 Å². The quantitative estimate of drug-likeness (QED) is 0.836. The number of methoxy groups -OCH3 is 1. The van der Waals surface area contributed by atoms with Crippen LogP contribution in [0.3, 0.4) is 0 Å². The first-order chi connectivity index (χ1) is 8.31. The molecule has 1 atom stereocenters. The summed E-state index contributed by atoms with van der Waals surface area (Å²) in [5, 5.41) is 0. The van der Waals surface area contributed by atoms with Gasteiger partial charge in [0.25, 0.3) is 0 Å². The number of hydrogen-bond acceptors (Lipinski definition) is 3. The van der Waals surface area contributed by atoms with Gasteiger partial charge in [0.2, 0.25) is 0 Å². The van der Waals surface area contributed by atoms with Gasteiger partial charge in [0.15, 0.2) is 0 Å². The number of hydrogen-bond donors (Lipinski definition) is 0. The Hall–Kier alpha value is -0.580. The lowest BCUT2D eigenvalue weighted by molar-refractivity contribution is -0.0902. The highest BCUT2D eigenvalue weighted by Crippen LogP contribution is 2.30. The average molecular weight is 303 g/mol. The van der Waals surface area contributed by atoms with Crippen molar-refractivity contribution >= 4 is 15.9 Å². The van der Waals surface area contributed by atoms with E-state index in [1.807, 2.05) is 32.0 Å². The second kappa shape index (κ2) is 7.69. The van der Waals surface area contributed by atoms with Crippen LogP contribution in [-0.4, -0.2) is 26.9 Å². The van der Waals surface area contributed by atoms with Crippen LogP contribution < -0.4 is 4.74 Å². The summed E-state index contributed by atoms with van der Waals surface area (Å²) in [6.07, 6.45) is 0.0285. The number of benzene rings is 1. The summed E-state index contributed by atoms with van der Waals surface area (Å²) in [5.41, 5.74) is 1.09. The van der Waals surface area contributed by atoms with Crippen LogP contribution >= 0.6 is 15.9 Å². The van der Waals surface area contributed by atoms with E-state index in [2.05, 4.69) is 15.9 Å². The van der Waals surface area contributed by atoms with Gasteiger partial charge in [-0.15, -0.1) is 0 Å². The Kier molecular flexibility index (Phi) is 6.55. The van der Waals surface area contributed by atoms with Gasteiger partial charge in [0, 0.05) is 0 Å². The van der Waals surface area contributed by atoms with Gasteiger partial charge in [-0.2, -0.15) is 0 Å². The summed E-state index contributed by atoms with van der Waals surface area (Å²) in [6, 6.07) is 5.96. The van der Waals surface area contributed by atoms with Crippen molar-refractivity contribution in [1.29, 1.82) is 0 Å². The zero-order valence-corrected chi connectivity index (χ0v) is 12.1. The molecule has 0 spiro atoms. The third-order valence-corrected chi connectivity index (χ3v) is 3.02. The Labute approximate surface area is 111 Å². The molecule has 17 heavy (non-hydrogen) atoms. The molecule has 0 aliphatic carbocycles. The van der Waals surface area contributed by atoms with Crippen LogP contribution in [0.15, 0.2) is 22.7 Å². The van der Waals surface area contributed by atoms with Crippen molar-refractivity contribution in [2.45, 2.75) is 20.0 Å². The Morgan fingerprint density at radius 1 is 1.29 bits per heavy atom. The summed E-state index contributed by atoms with van der Waals surface area (Å²) in [6.45, 7) is 5.96. The zero-order chi connectivity index (χ0) is 12.7. The highest BCUT2D eigenvalue weighted by Gasteiger charge is 2.17. The highest BCUT2D eigenvalue weighted by atomic mass is 79.9. The summed E-state index contributed by atoms with van der Waals surface area (Å²) in [4.78, 5) is 0. The molecule has 2 rings (SSSR count). The number of rotatable bonds is 2. The van der Waals surface area contributed by atoms with Crippen molar-refractivity contribution in [1.82, 2.24) is 0 Å². The number of ether oxygens (including phenoxy) is 3. The molecule has 1 fully saturated rings. The molecule has 96 valence electrons. The normalized spacial score (nSPS) is 19.2. The van der Waals surface area contributed by atoms with Crippen LogP contribution in [0.5, 0.6) is 5.75 Å². The lowest BCUT2D eigenvalue weighted by Crippen LogP contribution is -2.21. The first-order valence-corrected chi connectivity index (χ1v) is 6.63. The van der Waals surface area contributed by atoms with E-state index in [0.717, 1.165) is 15.8 Å². The number of halogens is 1. The van der Waals surface area contributed by atoms with E-state index in [0.29, 0.717) is 19.8 Å². The van der Waals surface area contributed by atoms with Gasteiger partial charge in [0.05, 0.1) is 31.4 Å². The second-order valence-corrected chi connectivity index (χ2v) is 4.18. The van der Waals surface area contributed by atoms with Crippen LogP contribution in [0, 0.1) is 0 Å². The minimum atomic E-state index is 0.0285. The molecule has 0 N–H and O–H groups in total. The van der Waals surface area contributed by atoms with Crippen molar-refractivity contribution < 1.29 is 14.2 Å². The average Bonchev–Trinajstić information content (AvgIpc) is 2.42. The molecule has 0 bridgehead atoms. The molecule has 1 aromatic rings. The summed E-state index contributed by atoms with van der Waals surface area (Å²) < 4.78 is 17.2. The van der Waals surface area contributed by atoms with Crippen molar-refractivity contribution in [3.63, 3.8) is 0 Å². The molecule has 1 aliphatic rings. The smallest absolute Gasteiger partial charge is 0.133 e. The largest absolute Gasteiger partial charge is 0.496 e. The van der Waals surface area contributed by atoms with E-state index in [-0.39, 0.29) is 6.10 Å². The highest BCUT2D eigenvalue weighted by molar-refractivity contribution is 9.10. The molecule has 0 saturated carbocycles. The maximum Gasteiger partial charge on any atom is 0.133 e. The molecule has 1 heterocycles. The predicted molar refractivity (Wildman–Crippen MR) is 71.6 cm³/mol. The van der Waals surface area contributed by atoms with Crippen molar-refractivity contribution in [2.75, 3.05) is 26.9 Å². The lowest BCUT2D eigenvalue weighted by atomic mass is 10.1. The molecular weight excluding hydrogens is 284 g/mol. The topological polar surface area (TPSA) is 27.7 Å². The maximum absolute atomic E-state index is 5.61. The van der Waals surface area contributed by atoms with Gasteiger partial charge in [0.1, 0.15) is 11.9 Å². The van der Waals surface area contributed by atoms with Crippen LogP contribution in [0.1, 0.15) is 25.5 Å². The molecule has 1 saturated heterocycles. The first kappa shape index (κ1) is 14.5. The van der Waals surface area contributed by atoms with E-state index in [1.165, 1.54) is 0 Å². The third kappa shape index (κ3) is 3.98. The Morgan fingerprint density at radius 3 is 2.65 bits per heavy atom. The van der Waals surface area contributed by atoms with Crippen molar-refractivity contribution in [2.24, 2.45) is 0 Å². The molecule has 1 aliphatic heterocycles. The zero-order valence-electron chi connectivity index (χ0n) is 10.5. The summed E-state index contributed by atoms with van der Waals surface area (Å²) >= 11 is 3.42. The van der Waals surface area contributed by atoms with Gasteiger partial charge >= 0.3 is 0 Å². The van der Waals surface area contributed by atoms with E-state index in [1.54, 1.807) is 7.11 Å². The molecular formula is C13H19BrO3. The molecule has 3 nitrogen and oxygen atoms in total. The van der Waals surface area contributed by atoms with E-state index in [4.69, 9.17) is 14.2 Å². The fraction of sp³-hybridized carbons (Fsp3) is 0.538. The molecule has 0 amide bonds. The monoisotopic (exact) mass is 302 g/mol. The Morgan fingerprint density at radius 2 is 2.06 bits per heavy atom. The SMILES string of the molecule is CC.COc1cc(C2COCCO2)ccc1Br. The molecule has 0 radical (unpaired) electrons. The van der Waals surface area contributed by atoms with Gasteiger partial charge in [-0.05, 0) is 33.6 Å². The summed E-state index contributed by atoms with van der Waals surface area (Å²) in [5.74, 6) is 0.821. The van der Waals surface area contributed by atoms with Gasteiger partial charge < -0.3 is 14.2 Å². The van der Waals surface area contributed by atoms with Gasteiger partial charge in [-0.25, -0.2) is 0 Å². The van der Waals surface area contributed by atoms with E-state index >= 15 is 0 Å². The van der Waals surface area contributed by atoms with Crippen LogP contribution in [0.2, 0.25) is 0 Å². The second-order valence-electron chi connectivity index (χ2n) is 3.33. The minimum absolute atomic E-state index is 0.0285. The van der Waals surface area contributed by atoms with E-state index in [9.17, 15) is 0 Å². The van der Waals surface area contributed by atoms with Crippen LogP contribution in [-0.2, 0) is 9.47 Å². The van der Waals surface area contributed by atoms with Gasteiger partial charge in [-0.1, -0.05) is 19.9 Å². The summed E-state index contributed by atoms with van der Waals surface area (Å²) in [7, 11) is 1.65. The first-order valence-electron chi connectivity index (χ1n) is 5.84. The fourth-order valence-electron chi connectivity index (χ4n) is 1.56. The molecule has 0 aromatic heterocycles. The lowest BCUT2D eigenvalue weighted by Gasteiger charge is -2.23. The van der Waals surface area contributed by atoms with Crippen molar-refractivity contribution in [3.05, 3.63) is 28.2 Å². The van der Waals surface area contributed by atoms with Crippen LogP contribution in [0.25, 0.3) is 0 Å².